The number of halogens is 1. The average molecular weight is 410 g/mol. The summed E-state index contributed by atoms with van der Waals surface area (Å²) in [5, 5.41) is 0.320. The van der Waals surface area contributed by atoms with Crippen molar-refractivity contribution in [3.63, 3.8) is 0 Å². The van der Waals surface area contributed by atoms with Gasteiger partial charge in [-0.2, -0.15) is 4.31 Å². The molecule has 6 nitrogen and oxygen atoms in total. The van der Waals surface area contributed by atoms with Crippen LogP contribution in [0.3, 0.4) is 0 Å². The number of sulfonamides is 1. The molecule has 2 atom stereocenters. The molecule has 0 aromatic heterocycles. The second kappa shape index (κ2) is 7.98. The summed E-state index contributed by atoms with van der Waals surface area (Å²) in [6, 6.07) is 12.3. The van der Waals surface area contributed by atoms with E-state index in [4.69, 9.17) is 21.1 Å². The molecule has 1 heterocycles. The molecule has 1 aliphatic rings. The van der Waals surface area contributed by atoms with E-state index in [9.17, 15) is 13.2 Å². The van der Waals surface area contributed by atoms with Crippen LogP contribution in [0.15, 0.2) is 53.4 Å². The van der Waals surface area contributed by atoms with Crippen molar-refractivity contribution in [2.24, 2.45) is 0 Å². The number of rotatable bonds is 4. The maximum Gasteiger partial charge on any atom is 0.343 e. The minimum Gasteiger partial charge on any atom is -0.421 e. The van der Waals surface area contributed by atoms with Gasteiger partial charge in [0.15, 0.2) is 0 Å². The quantitative estimate of drug-likeness (QED) is 0.572. The van der Waals surface area contributed by atoms with Gasteiger partial charge in [-0.05, 0) is 50.2 Å². The summed E-state index contributed by atoms with van der Waals surface area (Å²) in [5.41, 5.74) is 0.234. The number of carbonyl (C=O) groups excluding carboxylic acids is 1. The summed E-state index contributed by atoms with van der Waals surface area (Å²) in [4.78, 5) is 12.4. The third kappa shape index (κ3) is 4.50. The highest BCUT2D eigenvalue weighted by Gasteiger charge is 2.32. The summed E-state index contributed by atoms with van der Waals surface area (Å²) in [5.74, 6) is -0.363. The minimum atomic E-state index is -3.66. The van der Waals surface area contributed by atoms with Crippen molar-refractivity contribution in [1.82, 2.24) is 4.31 Å². The molecule has 0 N–H and O–H groups in total. The molecule has 0 radical (unpaired) electrons. The molecular formula is C19H20ClNO5S. The van der Waals surface area contributed by atoms with Gasteiger partial charge in [0.25, 0.3) is 0 Å². The van der Waals surface area contributed by atoms with Crippen molar-refractivity contribution in [3.8, 4) is 5.75 Å². The zero-order valence-electron chi connectivity index (χ0n) is 15.0. The van der Waals surface area contributed by atoms with E-state index in [1.807, 2.05) is 13.8 Å². The third-order valence-corrected chi connectivity index (χ3v) is 6.31. The molecule has 8 heteroatoms. The Morgan fingerprint density at radius 1 is 1.07 bits per heavy atom. The van der Waals surface area contributed by atoms with Crippen molar-refractivity contribution in [1.29, 1.82) is 0 Å². The second-order valence-corrected chi connectivity index (χ2v) is 8.77. The highest BCUT2D eigenvalue weighted by Crippen LogP contribution is 2.25. The zero-order valence-corrected chi connectivity index (χ0v) is 16.5. The van der Waals surface area contributed by atoms with Crippen LogP contribution in [0.1, 0.15) is 24.2 Å². The number of ether oxygens (including phenoxy) is 2. The number of para-hydroxylation sites is 1. The van der Waals surface area contributed by atoms with Gasteiger partial charge in [0, 0.05) is 13.1 Å². The predicted octanol–water partition coefficient (Wildman–Crippen LogP) is 3.36. The number of hydrogen-bond acceptors (Lipinski definition) is 5. The number of carbonyl (C=O) groups is 1. The largest absolute Gasteiger partial charge is 0.421 e. The normalized spacial score (nSPS) is 21.0. The van der Waals surface area contributed by atoms with E-state index in [0.29, 0.717) is 18.1 Å². The first kappa shape index (κ1) is 19.8. The summed E-state index contributed by atoms with van der Waals surface area (Å²) in [7, 11) is -3.66. The Kier molecular flexibility index (Phi) is 5.86. The van der Waals surface area contributed by atoms with Crippen LogP contribution in [0.5, 0.6) is 5.75 Å². The minimum absolute atomic E-state index is 0.123. The van der Waals surface area contributed by atoms with Crippen molar-refractivity contribution < 1.29 is 22.7 Å². The lowest BCUT2D eigenvalue weighted by Crippen LogP contribution is -2.48. The fourth-order valence-corrected chi connectivity index (χ4v) is 4.69. The molecule has 2 aromatic rings. The first-order valence-corrected chi connectivity index (χ1v) is 10.3. The molecule has 1 saturated heterocycles. The highest BCUT2D eigenvalue weighted by atomic mass is 35.5. The van der Waals surface area contributed by atoms with Crippen molar-refractivity contribution in [2.45, 2.75) is 31.0 Å². The molecule has 0 amide bonds. The SMILES string of the molecule is C[C@H]1CN(S(=O)(=O)c2ccc(C(=O)Oc3ccccc3Cl)cc2)C[C@H](C)O1. The number of esters is 1. The van der Waals surface area contributed by atoms with Gasteiger partial charge < -0.3 is 9.47 Å². The van der Waals surface area contributed by atoms with Crippen molar-refractivity contribution >= 4 is 27.6 Å². The molecule has 27 heavy (non-hydrogen) atoms. The Labute approximate surface area is 163 Å². The van der Waals surface area contributed by atoms with Crippen molar-refractivity contribution in [2.75, 3.05) is 13.1 Å². The summed E-state index contributed by atoms with van der Waals surface area (Å²) < 4.78 is 37.9. The van der Waals surface area contributed by atoms with Crippen LogP contribution in [0, 0.1) is 0 Å². The zero-order chi connectivity index (χ0) is 19.6. The van der Waals surface area contributed by atoms with Crippen LogP contribution in [0.4, 0.5) is 0 Å². The van der Waals surface area contributed by atoms with Gasteiger partial charge in [-0.3, -0.25) is 0 Å². The van der Waals surface area contributed by atoms with Gasteiger partial charge >= 0.3 is 5.97 Å². The van der Waals surface area contributed by atoms with Gasteiger partial charge in [0.05, 0.1) is 27.7 Å². The Balaban J connectivity index is 1.76. The van der Waals surface area contributed by atoms with Gasteiger partial charge in [0.2, 0.25) is 10.0 Å². The van der Waals surface area contributed by atoms with E-state index in [2.05, 4.69) is 0 Å². The predicted molar refractivity (Wildman–Crippen MR) is 102 cm³/mol. The van der Waals surface area contributed by atoms with Crippen LogP contribution < -0.4 is 4.74 Å². The topological polar surface area (TPSA) is 72.9 Å². The van der Waals surface area contributed by atoms with E-state index >= 15 is 0 Å². The number of nitrogens with zero attached hydrogens (tertiary/aromatic N) is 1. The lowest BCUT2D eigenvalue weighted by Gasteiger charge is -2.34. The molecule has 0 bridgehead atoms. The standard InChI is InChI=1S/C19H20ClNO5S/c1-13-11-21(12-14(2)25-13)27(23,24)16-9-7-15(8-10-16)19(22)26-18-6-4-3-5-17(18)20/h3-10,13-14H,11-12H2,1-2H3/t13-,14-/m0/s1. The monoisotopic (exact) mass is 409 g/mol. The number of benzene rings is 2. The first-order chi connectivity index (χ1) is 12.8. The maximum atomic E-state index is 12.8. The molecule has 0 saturated carbocycles. The first-order valence-electron chi connectivity index (χ1n) is 8.50. The van der Waals surface area contributed by atoms with Gasteiger partial charge in [0.1, 0.15) is 5.75 Å². The molecule has 0 spiro atoms. The summed E-state index contributed by atoms with van der Waals surface area (Å²) in [6.07, 6.45) is -0.346. The molecule has 0 aliphatic carbocycles. The average Bonchev–Trinajstić information content (AvgIpc) is 2.63. The second-order valence-electron chi connectivity index (χ2n) is 6.42. The molecule has 1 aliphatic heterocycles. The smallest absolute Gasteiger partial charge is 0.343 e. The lowest BCUT2D eigenvalue weighted by atomic mass is 10.2. The Bertz CT molecular complexity index is 919. The maximum absolute atomic E-state index is 12.8. The molecular weight excluding hydrogens is 390 g/mol. The lowest BCUT2D eigenvalue weighted by molar-refractivity contribution is -0.0440. The summed E-state index contributed by atoms with van der Waals surface area (Å²) >= 11 is 5.98. The van der Waals surface area contributed by atoms with E-state index in [1.54, 1.807) is 24.3 Å². The molecule has 1 fully saturated rings. The van der Waals surface area contributed by atoms with Crippen LogP contribution in [0.2, 0.25) is 5.02 Å². The number of hydrogen-bond donors (Lipinski definition) is 0. The van der Waals surface area contributed by atoms with E-state index < -0.39 is 16.0 Å². The van der Waals surface area contributed by atoms with Gasteiger partial charge in [-0.15, -0.1) is 0 Å². The fraction of sp³-hybridized carbons (Fsp3) is 0.316. The Hall–Kier alpha value is -1.93. The summed E-state index contributed by atoms with van der Waals surface area (Å²) in [6.45, 7) is 4.27. The Morgan fingerprint density at radius 2 is 1.67 bits per heavy atom. The fourth-order valence-electron chi connectivity index (χ4n) is 2.93. The van der Waals surface area contributed by atoms with Crippen LogP contribution >= 0.6 is 11.6 Å². The van der Waals surface area contributed by atoms with Crippen LogP contribution in [-0.4, -0.2) is 44.0 Å². The van der Waals surface area contributed by atoms with Gasteiger partial charge in [-0.1, -0.05) is 23.7 Å². The van der Waals surface area contributed by atoms with E-state index in [1.165, 1.54) is 28.6 Å². The highest BCUT2D eigenvalue weighted by molar-refractivity contribution is 7.89. The van der Waals surface area contributed by atoms with Crippen LogP contribution in [-0.2, 0) is 14.8 Å². The van der Waals surface area contributed by atoms with E-state index in [-0.39, 0.29) is 28.4 Å². The Morgan fingerprint density at radius 3 is 2.26 bits per heavy atom. The molecule has 144 valence electrons. The molecule has 2 aromatic carbocycles. The molecule has 0 unspecified atom stereocenters. The van der Waals surface area contributed by atoms with Gasteiger partial charge in [-0.25, -0.2) is 13.2 Å². The third-order valence-electron chi connectivity index (χ3n) is 4.15. The van der Waals surface area contributed by atoms with Crippen LogP contribution in [0.25, 0.3) is 0 Å². The molecule has 3 rings (SSSR count). The van der Waals surface area contributed by atoms with Crippen molar-refractivity contribution in [3.05, 3.63) is 59.1 Å². The van der Waals surface area contributed by atoms with E-state index in [0.717, 1.165) is 0 Å². The number of morpholine rings is 1.